The Labute approximate surface area is 230 Å². The van der Waals surface area contributed by atoms with Gasteiger partial charge in [-0.15, -0.1) is 0 Å². The summed E-state index contributed by atoms with van der Waals surface area (Å²) < 4.78 is 12.2. The number of nitrogens with zero attached hydrogens (tertiary/aromatic N) is 3. The van der Waals surface area contributed by atoms with Gasteiger partial charge in [0.15, 0.2) is 0 Å². The topological polar surface area (TPSA) is 99.6 Å². The van der Waals surface area contributed by atoms with Crippen LogP contribution in [0.25, 0.3) is 0 Å². The highest BCUT2D eigenvalue weighted by atomic mass is 16.5. The lowest BCUT2D eigenvalue weighted by Crippen LogP contribution is -2.57. The van der Waals surface area contributed by atoms with E-state index in [0.29, 0.717) is 37.7 Å². The number of fused-ring (bicyclic) bond motifs is 2. The zero-order valence-electron chi connectivity index (χ0n) is 23.0. The number of carbonyl (C=O) groups is 3. The number of hydrogen-bond acceptors (Lipinski definition) is 6. The lowest BCUT2D eigenvalue weighted by Gasteiger charge is -2.37. The summed E-state index contributed by atoms with van der Waals surface area (Å²) in [6, 6.07) is 5.79. The third-order valence-electron chi connectivity index (χ3n) is 8.41. The average Bonchev–Trinajstić information content (AvgIpc) is 3.26. The van der Waals surface area contributed by atoms with Crippen molar-refractivity contribution < 1.29 is 29.0 Å². The molecule has 0 saturated carbocycles. The van der Waals surface area contributed by atoms with Gasteiger partial charge in [0, 0.05) is 25.3 Å². The van der Waals surface area contributed by atoms with Crippen LogP contribution in [0, 0.1) is 11.8 Å². The number of anilines is 1. The maximum absolute atomic E-state index is 14.2. The van der Waals surface area contributed by atoms with Crippen LogP contribution in [-0.4, -0.2) is 89.3 Å². The van der Waals surface area contributed by atoms with Gasteiger partial charge in [-0.25, -0.2) is 0 Å². The molecule has 1 spiro atoms. The molecule has 9 heteroatoms. The largest absolute Gasteiger partial charge is 0.494 e. The van der Waals surface area contributed by atoms with Gasteiger partial charge in [-0.1, -0.05) is 44.1 Å². The van der Waals surface area contributed by atoms with Crippen LogP contribution in [0.4, 0.5) is 5.69 Å². The van der Waals surface area contributed by atoms with Crippen molar-refractivity contribution in [2.24, 2.45) is 11.8 Å². The quantitative estimate of drug-likeness (QED) is 0.384. The van der Waals surface area contributed by atoms with Crippen molar-refractivity contribution in [3.63, 3.8) is 0 Å². The molecule has 4 aliphatic heterocycles. The van der Waals surface area contributed by atoms with Crippen LogP contribution in [-0.2, 0) is 19.1 Å². The highest BCUT2D eigenvalue weighted by molar-refractivity contribution is 6.04. The van der Waals surface area contributed by atoms with Gasteiger partial charge in [-0.3, -0.25) is 14.4 Å². The Hall–Kier alpha value is -3.17. The normalized spacial score (nSPS) is 30.7. The van der Waals surface area contributed by atoms with Gasteiger partial charge in [-0.2, -0.15) is 0 Å². The molecule has 6 atom stereocenters. The minimum atomic E-state index is -1.28. The molecule has 9 nitrogen and oxygen atoms in total. The number of unbranched alkanes of at least 4 members (excludes halogenated alkanes) is 2. The van der Waals surface area contributed by atoms with Crippen molar-refractivity contribution in [2.75, 3.05) is 37.7 Å². The Morgan fingerprint density at radius 3 is 2.51 bits per heavy atom. The molecule has 0 bridgehead atoms. The molecular formula is C30H39N3O6. The van der Waals surface area contributed by atoms with Crippen molar-refractivity contribution >= 4 is 23.4 Å². The summed E-state index contributed by atoms with van der Waals surface area (Å²) >= 11 is 0. The molecule has 1 aromatic rings. The first-order chi connectivity index (χ1) is 18.9. The number of rotatable bonds is 9. The van der Waals surface area contributed by atoms with Crippen molar-refractivity contribution in [3.05, 3.63) is 48.6 Å². The van der Waals surface area contributed by atoms with E-state index in [2.05, 4.69) is 6.92 Å². The maximum atomic E-state index is 14.2. The Morgan fingerprint density at radius 2 is 1.82 bits per heavy atom. The van der Waals surface area contributed by atoms with Crippen LogP contribution in [0.2, 0.25) is 0 Å². The number of hydrogen-bond donors (Lipinski definition) is 1. The highest BCUT2D eigenvalue weighted by Crippen LogP contribution is 2.54. The molecule has 5 rings (SSSR count). The van der Waals surface area contributed by atoms with Crippen molar-refractivity contribution in [1.82, 2.24) is 9.80 Å². The zero-order chi connectivity index (χ0) is 27.7. The van der Waals surface area contributed by atoms with E-state index in [1.165, 1.54) is 4.90 Å². The molecular weight excluding hydrogens is 498 g/mol. The molecule has 2 fully saturated rings. The van der Waals surface area contributed by atoms with Crippen LogP contribution in [0.3, 0.4) is 0 Å². The molecule has 0 radical (unpaired) electrons. The summed E-state index contributed by atoms with van der Waals surface area (Å²) in [5, 5.41) is 10.1. The number of aliphatic hydroxyl groups is 1. The zero-order valence-corrected chi connectivity index (χ0v) is 23.0. The van der Waals surface area contributed by atoms with E-state index in [-0.39, 0.29) is 24.3 Å². The molecule has 4 aliphatic rings. The Kier molecular flexibility index (Phi) is 7.82. The van der Waals surface area contributed by atoms with Crippen molar-refractivity contribution in [3.8, 4) is 5.75 Å². The fourth-order valence-corrected chi connectivity index (χ4v) is 6.56. The Morgan fingerprint density at radius 1 is 1.05 bits per heavy atom. The van der Waals surface area contributed by atoms with Crippen molar-refractivity contribution in [1.29, 1.82) is 0 Å². The fourth-order valence-electron chi connectivity index (χ4n) is 6.56. The smallest absolute Gasteiger partial charge is 0.249 e. The number of amides is 3. The molecule has 0 aliphatic carbocycles. The number of aliphatic hydroxyl groups excluding tert-OH is 1. The van der Waals surface area contributed by atoms with E-state index in [4.69, 9.17) is 9.47 Å². The van der Waals surface area contributed by atoms with E-state index >= 15 is 0 Å². The molecule has 4 heterocycles. The van der Waals surface area contributed by atoms with Crippen LogP contribution in [0.15, 0.2) is 48.6 Å². The Bertz CT molecular complexity index is 1150. The first-order valence-corrected chi connectivity index (χ1v) is 14.2. The molecule has 1 N–H and O–H groups in total. The van der Waals surface area contributed by atoms with E-state index in [0.717, 1.165) is 19.3 Å². The number of likely N-dealkylation sites (tertiary alicyclic amines) is 1. The Balaban J connectivity index is 1.52. The predicted octanol–water partition coefficient (Wildman–Crippen LogP) is 2.54. The molecule has 210 valence electrons. The van der Waals surface area contributed by atoms with Crippen LogP contribution in [0.1, 0.15) is 40.0 Å². The highest BCUT2D eigenvalue weighted by Gasteiger charge is 2.72. The number of benzene rings is 1. The molecule has 0 aromatic heterocycles. The van der Waals surface area contributed by atoms with E-state index in [9.17, 15) is 19.5 Å². The van der Waals surface area contributed by atoms with E-state index in [1.54, 1.807) is 16.7 Å². The summed E-state index contributed by atoms with van der Waals surface area (Å²) in [4.78, 5) is 47.3. The molecule has 1 aromatic carbocycles. The summed E-state index contributed by atoms with van der Waals surface area (Å²) in [5.74, 6) is -1.69. The van der Waals surface area contributed by atoms with Gasteiger partial charge in [0.25, 0.3) is 0 Å². The minimum Gasteiger partial charge on any atom is -0.494 e. The number of ether oxygens (including phenoxy) is 2. The first kappa shape index (κ1) is 27.4. The van der Waals surface area contributed by atoms with E-state index < -0.39 is 35.6 Å². The van der Waals surface area contributed by atoms with Gasteiger partial charge in [-0.05, 0) is 44.5 Å². The molecule has 1 unspecified atom stereocenters. The maximum Gasteiger partial charge on any atom is 0.249 e. The second kappa shape index (κ2) is 11.1. The van der Waals surface area contributed by atoms with Gasteiger partial charge < -0.3 is 29.3 Å². The van der Waals surface area contributed by atoms with Crippen LogP contribution >= 0.6 is 0 Å². The van der Waals surface area contributed by atoms with Crippen molar-refractivity contribution in [2.45, 2.75) is 63.8 Å². The molecule has 3 amide bonds. The van der Waals surface area contributed by atoms with Crippen LogP contribution in [0.5, 0.6) is 5.75 Å². The monoisotopic (exact) mass is 537 g/mol. The third-order valence-corrected chi connectivity index (χ3v) is 8.41. The second-order valence-corrected chi connectivity index (χ2v) is 10.8. The first-order valence-electron chi connectivity index (χ1n) is 14.2. The lowest BCUT2D eigenvalue weighted by atomic mass is 9.77. The lowest BCUT2D eigenvalue weighted by molar-refractivity contribution is -0.149. The standard InChI is InChI=1S/C30H39N3O6/c1-4-6-7-16-31-17-9-15-30-25(28(36)33(20(3)19-34)26(30)29(31)37)24-23(39-30)10-8-18-32(27(24)35)21-11-13-22(14-12-21)38-5-2/h8-15,20,23-26,34H,4-7,16-19H2,1-3H3/t20-,23+,24-,25+,26?,30+/m1/s1. The molecule has 2 saturated heterocycles. The third kappa shape index (κ3) is 4.55. The van der Waals surface area contributed by atoms with Gasteiger partial charge in [0.05, 0.1) is 37.2 Å². The molecule has 39 heavy (non-hydrogen) atoms. The SMILES string of the molecule is CCCCCN1CC=C[C@]23O[C@H]4C=CCN(c5ccc(OCC)cc5)C(=O)[C@H]4[C@H]2C(=O)N([C@H](C)CO)C3C1=O. The number of carbonyl (C=O) groups excluding carboxylic acids is 3. The minimum absolute atomic E-state index is 0.191. The average molecular weight is 538 g/mol. The predicted molar refractivity (Wildman–Crippen MR) is 146 cm³/mol. The fraction of sp³-hybridized carbons (Fsp3) is 0.567. The van der Waals surface area contributed by atoms with Gasteiger partial charge in [0.2, 0.25) is 17.7 Å². The summed E-state index contributed by atoms with van der Waals surface area (Å²) in [5.41, 5.74) is -0.583. The van der Waals surface area contributed by atoms with Crippen LogP contribution < -0.4 is 9.64 Å². The summed E-state index contributed by atoms with van der Waals surface area (Å²) in [7, 11) is 0. The van der Waals surface area contributed by atoms with E-state index in [1.807, 2.05) is 55.5 Å². The second-order valence-electron chi connectivity index (χ2n) is 10.8. The van der Waals surface area contributed by atoms with Gasteiger partial charge in [0.1, 0.15) is 17.4 Å². The summed E-state index contributed by atoms with van der Waals surface area (Å²) in [6.45, 7) is 7.36. The van der Waals surface area contributed by atoms with Gasteiger partial charge >= 0.3 is 0 Å². The summed E-state index contributed by atoms with van der Waals surface area (Å²) in [6.07, 6.45) is 9.76.